The number of hydrogen-bond donors (Lipinski definition) is 1. The third kappa shape index (κ3) is 5.19. The lowest BCUT2D eigenvalue weighted by Gasteiger charge is -2.28. The van der Waals surface area contributed by atoms with Crippen molar-refractivity contribution >= 4 is 15.9 Å². The predicted molar refractivity (Wildman–Crippen MR) is 76.2 cm³/mol. The highest BCUT2D eigenvalue weighted by Crippen LogP contribution is 2.18. The number of hydrogen-bond acceptors (Lipinski definition) is 2. The van der Waals surface area contributed by atoms with Gasteiger partial charge < -0.3 is 10.0 Å². The fourth-order valence-corrected chi connectivity index (χ4v) is 2.36. The van der Waals surface area contributed by atoms with Crippen molar-refractivity contribution in [1.82, 2.24) is 4.90 Å². The standard InChI is InChI=1S/C14H22BrNO/c1-14(2,11-17)10-16(3)9-8-12-6-4-5-7-13(12)15/h4-7,17H,8-11H2,1-3H3. The zero-order valence-corrected chi connectivity index (χ0v) is 12.5. The maximum atomic E-state index is 9.24. The predicted octanol–water partition coefficient (Wildman–Crippen LogP) is 2.94. The monoisotopic (exact) mass is 299 g/mol. The van der Waals surface area contributed by atoms with Gasteiger partial charge in [0.2, 0.25) is 0 Å². The first-order valence-electron chi connectivity index (χ1n) is 5.97. The molecule has 0 heterocycles. The molecule has 0 unspecified atom stereocenters. The molecule has 96 valence electrons. The Morgan fingerprint density at radius 3 is 2.53 bits per heavy atom. The Kier molecular flexibility index (Phi) is 5.63. The molecule has 0 aliphatic rings. The van der Waals surface area contributed by atoms with Crippen LogP contribution in [0.1, 0.15) is 19.4 Å². The van der Waals surface area contributed by atoms with Crippen molar-refractivity contribution in [2.45, 2.75) is 20.3 Å². The van der Waals surface area contributed by atoms with Crippen LogP contribution in [0.25, 0.3) is 0 Å². The second-order valence-corrected chi connectivity index (χ2v) is 6.26. The second-order valence-electron chi connectivity index (χ2n) is 5.40. The number of halogens is 1. The topological polar surface area (TPSA) is 23.5 Å². The van der Waals surface area contributed by atoms with Crippen LogP contribution in [-0.4, -0.2) is 36.8 Å². The van der Waals surface area contributed by atoms with Crippen molar-refractivity contribution in [2.75, 3.05) is 26.7 Å². The highest BCUT2D eigenvalue weighted by Gasteiger charge is 2.18. The van der Waals surface area contributed by atoms with E-state index in [1.54, 1.807) is 0 Å². The molecular formula is C14H22BrNO. The quantitative estimate of drug-likeness (QED) is 0.873. The molecule has 1 aromatic carbocycles. The molecule has 0 fully saturated rings. The molecule has 0 spiro atoms. The van der Waals surface area contributed by atoms with Crippen molar-refractivity contribution in [3.63, 3.8) is 0 Å². The molecule has 0 aromatic heterocycles. The van der Waals surface area contributed by atoms with Crippen LogP contribution in [0.5, 0.6) is 0 Å². The molecule has 0 saturated carbocycles. The van der Waals surface area contributed by atoms with E-state index in [9.17, 15) is 5.11 Å². The van der Waals surface area contributed by atoms with Crippen LogP contribution in [0.3, 0.4) is 0 Å². The van der Waals surface area contributed by atoms with Gasteiger partial charge in [-0.15, -0.1) is 0 Å². The Bertz CT molecular complexity index is 352. The van der Waals surface area contributed by atoms with Gasteiger partial charge in [-0.1, -0.05) is 48.0 Å². The maximum absolute atomic E-state index is 9.24. The molecule has 3 heteroatoms. The van der Waals surface area contributed by atoms with Crippen LogP contribution in [0.15, 0.2) is 28.7 Å². The van der Waals surface area contributed by atoms with Crippen LogP contribution in [0, 0.1) is 5.41 Å². The molecule has 1 aromatic rings. The zero-order valence-electron chi connectivity index (χ0n) is 10.9. The first-order valence-corrected chi connectivity index (χ1v) is 6.77. The number of nitrogens with zero attached hydrogens (tertiary/aromatic N) is 1. The fourth-order valence-electron chi connectivity index (χ4n) is 1.87. The number of likely N-dealkylation sites (N-methyl/N-ethyl adjacent to an activating group) is 1. The maximum Gasteiger partial charge on any atom is 0.0494 e. The van der Waals surface area contributed by atoms with Gasteiger partial charge in [0.1, 0.15) is 0 Å². The van der Waals surface area contributed by atoms with E-state index in [0.29, 0.717) is 0 Å². The van der Waals surface area contributed by atoms with Crippen LogP contribution in [-0.2, 0) is 6.42 Å². The minimum Gasteiger partial charge on any atom is -0.396 e. The molecule has 0 radical (unpaired) electrons. The second kappa shape index (κ2) is 6.53. The van der Waals surface area contributed by atoms with Crippen molar-refractivity contribution in [2.24, 2.45) is 5.41 Å². The highest BCUT2D eigenvalue weighted by atomic mass is 79.9. The van der Waals surface area contributed by atoms with E-state index in [1.165, 1.54) is 10.0 Å². The van der Waals surface area contributed by atoms with Gasteiger partial charge in [-0.3, -0.25) is 0 Å². The van der Waals surface area contributed by atoms with Gasteiger partial charge in [0.25, 0.3) is 0 Å². The lowest BCUT2D eigenvalue weighted by molar-refractivity contribution is 0.116. The Labute approximate surface area is 113 Å². The SMILES string of the molecule is CN(CCc1ccccc1Br)CC(C)(C)CO. The summed E-state index contributed by atoms with van der Waals surface area (Å²) in [5, 5.41) is 9.24. The van der Waals surface area contributed by atoms with Gasteiger partial charge in [0.05, 0.1) is 0 Å². The Hall–Kier alpha value is -0.380. The van der Waals surface area contributed by atoms with Gasteiger partial charge >= 0.3 is 0 Å². The van der Waals surface area contributed by atoms with Gasteiger partial charge in [0.15, 0.2) is 0 Å². The molecule has 1 rings (SSSR count). The van der Waals surface area contributed by atoms with E-state index in [-0.39, 0.29) is 12.0 Å². The van der Waals surface area contributed by atoms with E-state index in [1.807, 2.05) is 6.07 Å². The van der Waals surface area contributed by atoms with Gasteiger partial charge in [-0.2, -0.15) is 0 Å². The molecular weight excluding hydrogens is 278 g/mol. The Morgan fingerprint density at radius 2 is 1.94 bits per heavy atom. The summed E-state index contributed by atoms with van der Waals surface area (Å²) in [6.07, 6.45) is 1.03. The molecule has 0 amide bonds. The van der Waals surface area contributed by atoms with Crippen molar-refractivity contribution in [3.8, 4) is 0 Å². The lowest BCUT2D eigenvalue weighted by Crippen LogP contribution is -2.35. The molecule has 0 aliphatic heterocycles. The summed E-state index contributed by atoms with van der Waals surface area (Å²) < 4.78 is 1.18. The number of benzene rings is 1. The third-order valence-electron chi connectivity index (χ3n) is 2.85. The summed E-state index contributed by atoms with van der Waals surface area (Å²) in [4.78, 5) is 2.27. The van der Waals surface area contributed by atoms with E-state index in [0.717, 1.165) is 19.5 Å². The summed E-state index contributed by atoms with van der Waals surface area (Å²) in [6.45, 7) is 6.32. The van der Waals surface area contributed by atoms with Crippen LogP contribution in [0.4, 0.5) is 0 Å². The average molecular weight is 300 g/mol. The van der Waals surface area contributed by atoms with E-state index >= 15 is 0 Å². The Balaban J connectivity index is 2.44. The number of rotatable bonds is 6. The fraction of sp³-hybridized carbons (Fsp3) is 0.571. The molecule has 17 heavy (non-hydrogen) atoms. The summed E-state index contributed by atoms with van der Waals surface area (Å²) in [7, 11) is 2.11. The smallest absolute Gasteiger partial charge is 0.0494 e. The molecule has 0 aliphatic carbocycles. The third-order valence-corrected chi connectivity index (χ3v) is 3.62. The van der Waals surface area contributed by atoms with Crippen LogP contribution < -0.4 is 0 Å². The lowest BCUT2D eigenvalue weighted by atomic mass is 9.94. The van der Waals surface area contributed by atoms with Crippen molar-refractivity contribution in [3.05, 3.63) is 34.3 Å². The summed E-state index contributed by atoms with van der Waals surface area (Å²) in [5.41, 5.74) is 1.31. The molecule has 0 atom stereocenters. The van der Waals surface area contributed by atoms with Gasteiger partial charge in [-0.05, 0) is 25.1 Å². The summed E-state index contributed by atoms with van der Waals surface area (Å²) in [5.74, 6) is 0. The van der Waals surface area contributed by atoms with E-state index in [2.05, 4.69) is 59.9 Å². The van der Waals surface area contributed by atoms with E-state index < -0.39 is 0 Å². The van der Waals surface area contributed by atoms with Crippen molar-refractivity contribution < 1.29 is 5.11 Å². The number of aliphatic hydroxyl groups excluding tert-OH is 1. The van der Waals surface area contributed by atoms with Gasteiger partial charge in [-0.25, -0.2) is 0 Å². The zero-order chi connectivity index (χ0) is 12.9. The first kappa shape index (κ1) is 14.7. The van der Waals surface area contributed by atoms with Crippen molar-refractivity contribution in [1.29, 1.82) is 0 Å². The number of aliphatic hydroxyl groups is 1. The molecule has 0 saturated heterocycles. The average Bonchev–Trinajstić information content (AvgIpc) is 2.27. The van der Waals surface area contributed by atoms with Crippen LogP contribution in [0.2, 0.25) is 0 Å². The van der Waals surface area contributed by atoms with Gasteiger partial charge in [0, 0.05) is 29.6 Å². The summed E-state index contributed by atoms with van der Waals surface area (Å²) >= 11 is 3.56. The van der Waals surface area contributed by atoms with Crippen LogP contribution >= 0.6 is 15.9 Å². The highest BCUT2D eigenvalue weighted by molar-refractivity contribution is 9.10. The molecule has 2 nitrogen and oxygen atoms in total. The summed E-state index contributed by atoms with van der Waals surface area (Å²) in [6, 6.07) is 8.33. The minimum absolute atomic E-state index is 0.0251. The first-order chi connectivity index (χ1) is 7.94. The normalized spacial score (nSPS) is 12.1. The Morgan fingerprint density at radius 1 is 1.29 bits per heavy atom. The minimum atomic E-state index is -0.0251. The largest absolute Gasteiger partial charge is 0.396 e. The molecule has 1 N–H and O–H groups in total. The van der Waals surface area contributed by atoms with E-state index in [4.69, 9.17) is 0 Å². The molecule has 0 bridgehead atoms.